The van der Waals surface area contributed by atoms with Gasteiger partial charge in [0.2, 0.25) is 0 Å². The molecule has 0 spiro atoms. The van der Waals surface area contributed by atoms with Gasteiger partial charge in [-0.3, -0.25) is 0 Å². The largest absolute Gasteiger partial charge is 0.488 e. The molecule has 1 aromatic rings. The summed E-state index contributed by atoms with van der Waals surface area (Å²) in [6.45, 7) is 7.71. The summed E-state index contributed by atoms with van der Waals surface area (Å²) in [4.78, 5) is 0. The standard InChI is InChI=1S/C10H12BrO/c1-10(2,3)12-9-6-4-5-8(11)7-9/h4-7H,1H2,2-3H3. The van der Waals surface area contributed by atoms with Crippen LogP contribution in [0.15, 0.2) is 28.7 Å². The number of hydrogen-bond acceptors (Lipinski definition) is 1. The van der Waals surface area contributed by atoms with Gasteiger partial charge in [-0.1, -0.05) is 22.0 Å². The molecule has 0 unspecified atom stereocenters. The summed E-state index contributed by atoms with van der Waals surface area (Å²) in [6, 6.07) is 7.73. The van der Waals surface area contributed by atoms with Crippen molar-refractivity contribution in [2.45, 2.75) is 19.4 Å². The second-order valence-electron chi connectivity index (χ2n) is 3.32. The van der Waals surface area contributed by atoms with Crippen molar-refractivity contribution in [1.29, 1.82) is 0 Å². The molecule has 0 bridgehead atoms. The van der Waals surface area contributed by atoms with Gasteiger partial charge in [-0.2, -0.15) is 0 Å². The number of ether oxygens (including phenoxy) is 1. The summed E-state index contributed by atoms with van der Waals surface area (Å²) in [7, 11) is 0. The summed E-state index contributed by atoms with van der Waals surface area (Å²) in [6.07, 6.45) is 0. The van der Waals surface area contributed by atoms with E-state index in [1.807, 2.05) is 38.1 Å². The molecule has 0 aliphatic heterocycles. The predicted molar refractivity (Wildman–Crippen MR) is 54.2 cm³/mol. The molecule has 1 nitrogen and oxygen atoms in total. The molecule has 0 atom stereocenters. The monoisotopic (exact) mass is 227 g/mol. The number of hydrogen-bond donors (Lipinski definition) is 0. The van der Waals surface area contributed by atoms with Crippen LogP contribution in [0.2, 0.25) is 0 Å². The van der Waals surface area contributed by atoms with Crippen LogP contribution in [0, 0.1) is 6.92 Å². The van der Waals surface area contributed by atoms with Gasteiger partial charge in [0.25, 0.3) is 0 Å². The van der Waals surface area contributed by atoms with Gasteiger partial charge in [-0.25, -0.2) is 0 Å². The fourth-order valence-corrected chi connectivity index (χ4v) is 1.23. The number of benzene rings is 1. The van der Waals surface area contributed by atoms with Crippen LogP contribution in [-0.2, 0) is 0 Å². The lowest BCUT2D eigenvalue weighted by molar-refractivity contribution is 0.159. The Hall–Kier alpha value is -0.500. The molecule has 1 rings (SSSR count). The van der Waals surface area contributed by atoms with Crippen molar-refractivity contribution in [2.75, 3.05) is 0 Å². The topological polar surface area (TPSA) is 9.23 Å². The van der Waals surface area contributed by atoms with Crippen LogP contribution in [0.1, 0.15) is 13.8 Å². The average Bonchev–Trinajstić information content (AvgIpc) is 1.82. The minimum absolute atomic E-state index is 0.374. The Labute approximate surface area is 81.9 Å². The summed E-state index contributed by atoms with van der Waals surface area (Å²) in [5.41, 5.74) is -0.374. The van der Waals surface area contributed by atoms with E-state index in [1.165, 1.54) is 0 Å². The van der Waals surface area contributed by atoms with Crippen molar-refractivity contribution >= 4 is 15.9 Å². The van der Waals surface area contributed by atoms with Crippen molar-refractivity contribution in [2.24, 2.45) is 0 Å². The van der Waals surface area contributed by atoms with E-state index < -0.39 is 0 Å². The van der Waals surface area contributed by atoms with E-state index in [1.54, 1.807) is 0 Å². The van der Waals surface area contributed by atoms with E-state index in [0.29, 0.717) is 0 Å². The van der Waals surface area contributed by atoms with Gasteiger partial charge in [-0.05, 0) is 39.0 Å². The molecule has 0 aliphatic rings. The van der Waals surface area contributed by atoms with Crippen molar-refractivity contribution in [3.63, 3.8) is 0 Å². The lowest BCUT2D eigenvalue weighted by Crippen LogP contribution is -2.23. The molecule has 1 aromatic carbocycles. The Morgan fingerprint density at radius 3 is 2.58 bits per heavy atom. The third-order valence-electron chi connectivity index (χ3n) is 1.19. The Kier molecular flexibility index (Phi) is 2.78. The zero-order valence-electron chi connectivity index (χ0n) is 7.30. The lowest BCUT2D eigenvalue weighted by atomic mass is 10.2. The van der Waals surface area contributed by atoms with Gasteiger partial charge in [0, 0.05) is 4.47 Å². The smallest absolute Gasteiger partial charge is 0.121 e. The quantitative estimate of drug-likeness (QED) is 0.753. The second kappa shape index (κ2) is 3.48. The van der Waals surface area contributed by atoms with Crippen LogP contribution in [0.5, 0.6) is 5.75 Å². The SMILES string of the molecule is [CH2]C(C)(C)Oc1cccc(Br)c1. The molecule has 65 valence electrons. The van der Waals surface area contributed by atoms with E-state index in [-0.39, 0.29) is 5.60 Å². The fraction of sp³-hybridized carbons (Fsp3) is 0.300. The molecule has 0 fully saturated rings. The first-order chi connectivity index (χ1) is 5.47. The molecule has 0 saturated heterocycles. The Morgan fingerprint density at radius 2 is 2.08 bits per heavy atom. The van der Waals surface area contributed by atoms with Crippen LogP contribution < -0.4 is 4.74 Å². The van der Waals surface area contributed by atoms with E-state index in [0.717, 1.165) is 10.2 Å². The highest BCUT2D eigenvalue weighted by Gasteiger charge is 2.11. The molecule has 0 aromatic heterocycles. The molecule has 2 heteroatoms. The van der Waals surface area contributed by atoms with Crippen LogP contribution in [-0.4, -0.2) is 5.60 Å². The molecular formula is C10H12BrO. The molecule has 0 saturated carbocycles. The molecular weight excluding hydrogens is 216 g/mol. The minimum atomic E-state index is -0.374. The normalized spacial score (nSPS) is 11.3. The number of halogens is 1. The van der Waals surface area contributed by atoms with Crippen LogP contribution in [0.4, 0.5) is 0 Å². The zero-order chi connectivity index (χ0) is 9.19. The van der Waals surface area contributed by atoms with Crippen LogP contribution >= 0.6 is 15.9 Å². The maximum Gasteiger partial charge on any atom is 0.121 e. The predicted octanol–water partition coefficient (Wildman–Crippen LogP) is 3.44. The third kappa shape index (κ3) is 3.26. The summed E-state index contributed by atoms with van der Waals surface area (Å²) >= 11 is 3.37. The Balaban J connectivity index is 2.77. The van der Waals surface area contributed by atoms with Gasteiger partial charge in [0.1, 0.15) is 11.4 Å². The highest BCUT2D eigenvalue weighted by atomic mass is 79.9. The lowest BCUT2D eigenvalue weighted by Gasteiger charge is -2.20. The zero-order valence-corrected chi connectivity index (χ0v) is 8.89. The van der Waals surface area contributed by atoms with Gasteiger partial charge in [0.05, 0.1) is 0 Å². The average molecular weight is 228 g/mol. The second-order valence-corrected chi connectivity index (χ2v) is 4.23. The molecule has 0 N–H and O–H groups in total. The van der Waals surface area contributed by atoms with E-state index in [4.69, 9.17) is 4.74 Å². The molecule has 0 aliphatic carbocycles. The first-order valence-corrected chi connectivity index (χ1v) is 4.57. The van der Waals surface area contributed by atoms with Crippen molar-refractivity contribution in [1.82, 2.24) is 0 Å². The van der Waals surface area contributed by atoms with E-state index in [9.17, 15) is 0 Å². The number of rotatable bonds is 2. The van der Waals surface area contributed by atoms with Crippen LogP contribution in [0.3, 0.4) is 0 Å². The van der Waals surface area contributed by atoms with Crippen molar-refractivity contribution in [3.8, 4) is 5.75 Å². The molecule has 12 heavy (non-hydrogen) atoms. The van der Waals surface area contributed by atoms with E-state index >= 15 is 0 Å². The van der Waals surface area contributed by atoms with Crippen LogP contribution in [0.25, 0.3) is 0 Å². The maximum absolute atomic E-state index is 5.54. The van der Waals surface area contributed by atoms with Gasteiger partial charge < -0.3 is 4.74 Å². The van der Waals surface area contributed by atoms with E-state index in [2.05, 4.69) is 22.9 Å². The van der Waals surface area contributed by atoms with Crippen molar-refractivity contribution in [3.05, 3.63) is 35.7 Å². The van der Waals surface area contributed by atoms with Gasteiger partial charge >= 0.3 is 0 Å². The first kappa shape index (κ1) is 9.59. The summed E-state index contributed by atoms with van der Waals surface area (Å²) in [5, 5.41) is 0. The summed E-state index contributed by atoms with van der Waals surface area (Å²) < 4.78 is 6.56. The van der Waals surface area contributed by atoms with Gasteiger partial charge in [0.15, 0.2) is 0 Å². The fourth-order valence-electron chi connectivity index (χ4n) is 0.850. The molecule has 0 amide bonds. The third-order valence-corrected chi connectivity index (χ3v) is 1.68. The van der Waals surface area contributed by atoms with Gasteiger partial charge in [-0.15, -0.1) is 0 Å². The first-order valence-electron chi connectivity index (χ1n) is 3.77. The maximum atomic E-state index is 5.54. The van der Waals surface area contributed by atoms with Crippen molar-refractivity contribution < 1.29 is 4.74 Å². The highest BCUT2D eigenvalue weighted by molar-refractivity contribution is 9.10. The Bertz CT molecular complexity index is 263. The highest BCUT2D eigenvalue weighted by Crippen LogP contribution is 2.21. The molecule has 0 heterocycles. The minimum Gasteiger partial charge on any atom is -0.488 e. The summed E-state index contributed by atoms with van der Waals surface area (Å²) in [5.74, 6) is 0.837. The molecule has 1 radical (unpaired) electrons. The Morgan fingerprint density at radius 1 is 1.42 bits per heavy atom.